The van der Waals surface area contributed by atoms with Gasteiger partial charge in [-0.25, -0.2) is 18.2 Å². The van der Waals surface area contributed by atoms with E-state index in [1.165, 1.54) is 18.2 Å². The van der Waals surface area contributed by atoms with Crippen LogP contribution in [0.5, 0.6) is 11.6 Å². The van der Waals surface area contributed by atoms with E-state index in [2.05, 4.69) is 5.10 Å². The van der Waals surface area contributed by atoms with Gasteiger partial charge < -0.3 is 10.5 Å². The minimum atomic E-state index is -3.83. The second-order valence-corrected chi connectivity index (χ2v) is 5.62. The molecule has 0 aliphatic rings. The van der Waals surface area contributed by atoms with Crippen LogP contribution in [0.4, 0.5) is 5.69 Å². The molecule has 0 saturated heterocycles. The number of nitrogens with two attached hydrogens (primary N) is 2. The van der Waals surface area contributed by atoms with Crippen molar-refractivity contribution < 1.29 is 13.2 Å². The quantitative estimate of drug-likeness (QED) is 0.806. The van der Waals surface area contributed by atoms with Gasteiger partial charge in [-0.2, -0.15) is 5.10 Å². The Morgan fingerprint density at radius 1 is 1.32 bits per heavy atom. The SMILES string of the molecule is Cc1cc(Oc2ccc(S(N)(=O)=O)c(N)c2)n(C)n1. The van der Waals surface area contributed by atoms with Gasteiger partial charge in [0.05, 0.1) is 11.4 Å². The van der Waals surface area contributed by atoms with Gasteiger partial charge in [-0.15, -0.1) is 0 Å². The molecule has 0 atom stereocenters. The van der Waals surface area contributed by atoms with Gasteiger partial charge in [0.25, 0.3) is 0 Å². The van der Waals surface area contributed by atoms with Crippen molar-refractivity contribution >= 4 is 15.7 Å². The average Bonchev–Trinajstić information content (AvgIpc) is 2.55. The number of rotatable bonds is 3. The Morgan fingerprint density at radius 3 is 2.47 bits per heavy atom. The van der Waals surface area contributed by atoms with Crippen LogP contribution < -0.4 is 15.6 Å². The molecule has 2 rings (SSSR count). The lowest BCUT2D eigenvalue weighted by Gasteiger charge is -2.08. The molecular weight excluding hydrogens is 268 g/mol. The van der Waals surface area contributed by atoms with Gasteiger partial charge in [0, 0.05) is 19.2 Å². The van der Waals surface area contributed by atoms with E-state index in [0.29, 0.717) is 11.6 Å². The Kier molecular flexibility index (Phi) is 3.21. The van der Waals surface area contributed by atoms with Crippen LogP contribution >= 0.6 is 0 Å². The van der Waals surface area contributed by atoms with Crippen LogP contribution in [0.2, 0.25) is 0 Å². The van der Waals surface area contributed by atoms with Crippen molar-refractivity contribution in [1.29, 1.82) is 0 Å². The molecular formula is C11H14N4O3S. The van der Waals surface area contributed by atoms with Crippen molar-refractivity contribution in [2.24, 2.45) is 12.2 Å². The molecule has 19 heavy (non-hydrogen) atoms. The molecule has 8 heteroatoms. The van der Waals surface area contributed by atoms with Crippen molar-refractivity contribution in [3.05, 3.63) is 30.0 Å². The third kappa shape index (κ3) is 2.85. The topological polar surface area (TPSA) is 113 Å². The molecule has 0 bridgehead atoms. The molecule has 0 radical (unpaired) electrons. The monoisotopic (exact) mass is 282 g/mol. The number of aryl methyl sites for hydroxylation is 2. The minimum absolute atomic E-state index is 0.0406. The molecule has 2 aromatic rings. The van der Waals surface area contributed by atoms with Crippen molar-refractivity contribution in [3.8, 4) is 11.6 Å². The number of aromatic nitrogens is 2. The first-order valence-corrected chi connectivity index (χ1v) is 6.93. The number of benzene rings is 1. The smallest absolute Gasteiger partial charge is 0.240 e. The molecule has 0 fully saturated rings. The number of hydrogen-bond acceptors (Lipinski definition) is 5. The Bertz CT molecular complexity index is 722. The lowest BCUT2D eigenvalue weighted by molar-refractivity contribution is 0.430. The predicted octanol–water partition coefficient (Wildman–Crippen LogP) is 0.750. The highest BCUT2D eigenvalue weighted by Gasteiger charge is 2.13. The number of nitrogens with zero attached hydrogens (tertiary/aromatic N) is 2. The Labute approximate surface area is 110 Å². The molecule has 4 N–H and O–H groups in total. The van der Waals surface area contributed by atoms with Gasteiger partial charge in [-0.1, -0.05) is 0 Å². The lowest BCUT2D eigenvalue weighted by atomic mass is 10.3. The van der Waals surface area contributed by atoms with Crippen LogP contribution in [0.15, 0.2) is 29.2 Å². The summed E-state index contributed by atoms with van der Waals surface area (Å²) in [4.78, 5) is -0.124. The number of ether oxygens (including phenoxy) is 1. The summed E-state index contributed by atoms with van der Waals surface area (Å²) >= 11 is 0. The molecule has 0 amide bonds. The largest absolute Gasteiger partial charge is 0.439 e. The molecule has 0 saturated carbocycles. The number of sulfonamides is 1. The number of nitrogen functional groups attached to an aromatic ring is 1. The van der Waals surface area contributed by atoms with E-state index in [4.69, 9.17) is 15.6 Å². The van der Waals surface area contributed by atoms with Crippen molar-refractivity contribution in [2.45, 2.75) is 11.8 Å². The standard InChI is InChI=1S/C11H14N4O3S/c1-7-5-11(15(2)14-7)18-8-3-4-10(9(12)6-8)19(13,16)17/h3-6H,12H2,1-2H3,(H2,13,16,17). The Hall–Kier alpha value is -2.06. The maximum Gasteiger partial charge on any atom is 0.240 e. The van der Waals surface area contributed by atoms with Crippen molar-refractivity contribution in [1.82, 2.24) is 9.78 Å². The number of anilines is 1. The summed E-state index contributed by atoms with van der Waals surface area (Å²) in [5.41, 5.74) is 6.50. The molecule has 0 unspecified atom stereocenters. The molecule has 0 spiro atoms. The number of hydrogen-bond donors (Lipinski definition) is 2. The highest BCUT2D eigenvalue weighted by molar-refractivity contribution is 7.89. The molecule has 102 valence electrons. The first-order valence-electron chi connectivity index (χ1n) is 5.38. The highest BCUT2D eigenvalue weighted by atomic mass is 32.2. The van der Waals surface area contributed by atoms with Gasteiger partial charge >= 0.3 is 0 Å². The van der Waals surface area contributed by atoms with Crippen LogP contribution in [0, 0.1) is 6.92 Å². The van der Waals surface area contributed by atoms with Crippen LogP contribution in [-0.4, -0.2) is 18.2 Å². The summed E-state index contributed by atoms with van der Waals surface area (Å²) in [6.07, 6.45) is 0. The van der Waals surface area contributed by atoms with Crippen molar-refractivity contribution in [2.75, 3.05) is 5.73 Å². The van der Waals surface area contributed by atoms with Crippen LogP contribution in [0.1, 0.15) is 5.69 Å². The summed E-state index contributed by atoms with van der Waals surface area (Å²) in [7, 11) is -2.08. The molecule has 0 aliphatic heterocycles. The fourth-order valence-corrected chi connectivity index (χ4v) is 2.30. The predicted molar refractivity (Wildman–Crippen MR) is 70.2 cm³/mol. The lowest BCUT2D eigenvalue weighted by Crippen LogP contribution is -2.14. The summed E-state index contributed by atoms with van der Waals surface area (Å²) in [5, 5.41) is 9.16. The highest BCUT2D eigenvalue weighted by Crippen LogP contribution is 2.27. The third-order valence-corrected chi connectivity index (χ3v) is 3.45. The number of primary sulfonamides is 1. The second kappa shape index (κ2) is 4.56. The molecule has 0 aliphatic carbocycles. The van der Waals surface area contributed by atoms with Crippen LogP contribution in [-0.2, 0) is 17.1 Å². The normalized spacial score (nSPS) is 11.5. The van der Waals surface area contributed by atoms with E-state index in [1.54, 1.807) is 17.8 Å². The fraction of sp³-hybridized carbons (Fsp3) is 0.182. The van der Waals surface area contributed by atoms with E-state index in [-0.39, 0.29) is 10.6 Å². The Morgan fingerprint density at radius 2 is 2.00 bits per heavy atom. The van der Waals surface area contributed by atoms with Crippen molar-refractivity contribution in [3.63, 3.8) is 0 Å². The van der Waals surface area contributed by atoms with E-state index >= 15 is 0 Å². The van der Waals surface area contributed by atoms with Gasteiger partial charge in [-0.3, -0.25) is 0 Å². The van der Waals surface area contributed by atoms with E-state index in [1.807, 2.05) is 6.92 Å². The molecule has 1 aromatic heterocycles. The summed E-state index contributed by atoms with van der Waals surface area (Å²) in [6, 6.07) is 5.95. The minimum Gasteiger partial charge on any atom is -0.439 e. The third-order valence-electron chi connectivity index (χ3n) is 2.47. The zero-order valence-corrected chi connectivity index (χ0v) is 11.3. The first kappa shape index (κ1) is 13.4. The van der Waals surface area contributed by atoms with E-state index < -0.39 is 10.0 Å². The molecule has 7 nitrogen and oxygen atoms in total. The first-order chi connectivity index (χ1) is 8.77. The van der Waals surface area contributed by atoms with Crippen LogP contribution in [0.3, 0.4) is 0 Å². The van der Waals surface area contributed by atoms with Gasteiger partial charge in [0.15, 0.2) is 0 Å². The maximum atomic E-state index is 11.2. The summed E-state index contributed by atoms with van der Waals surface area (Å²) in [6.45, 7) is 1.84. The van der Waals surface area contributed by atoms with E-state index in [9.17, 15) is 8.42 Å². The van der Waals surface area contributed by atoms with E-state index in [0.717, 1.165) is 5.69 Å². The fourth-order valence-electron chi connectivity index (χ4n) is 1.65. The average molecular weight is 282 g/mol. The summed E-state index contributed by atoms with van der Waals surface area (Å²) < 4.78 is 29.6. The maximum absolute atomic E-state index is 11.2. The zero-order chi connectivity index (χ0) is 14.2. The van der Waals surface area contributed by atoms with Crippen LogP contribution in [0.25, 0.3) is 0 Å². The zero-order valence-electron chi connectivity index (χ0n) is 10.5. The summed E-state index contributed by atoms with van der Waals surface area (Å²) in [5.74, 6) is 0.938. The van der Waals surface area contributed by atoms with Gasteiger partial charge in [0.2, 0.25) is 15.9 Å². The molecule has 1 aromatic carbocycles. The van der Waals surface area contributed by atoms with Gasteiger partial charge in [-0.05, 0) is 19.1 Å². The van der Waals surface area contributed by atoms with Gasteiger partial charge in [0.1, 0.15) is 10.6 Å². The molecule has 1 heterocycles. The Balaban J connectivity index is 2.33. The second-order valence-electron chi connectivity index (χ2n) is 4.09.